The Kier molecular flexibility index (Phi) is 4.33. The standard InChI is InChI=1S/C9H7BrF3NO3/c1-16-7-5(4-15)3-14-8(6(7)2-10)17-9(11,12)13/h3-4H,2H2,1H3. The summed E-state index contributed by atoms with van der Waals surface area (Å²) in [4.78, 5) is 14.1. The maximum atomic E-state index is 12.1. The van der Waals surface area contributed by atoms with Gasteiger partial charge in [0.2, 0.25) is 5.88 Å². The van der Waals surface area contributed by atoms with E-state index in [9.17, 15) is 18.0 Å². The van der Waals surface area contributed by atoms with Crippen molar-refractivity contribution in [3.63, 3.8) is 0 Å². The molecule has 0 saturated carbocycles. The molecule has 0 aliphatic rings. The average Bonchev–Trinajstić information content (AvgIpc) is 2.26. The Bertz CT molecular complexity index is 423. The lowest BCUT2D eigenvalue weighted by atomic mass is 10.2. The van der Waals surface area contributed by atoms with Crippen molar-refractivity contribution < 1.29 is 27.4 Å². The maximum Gasteiger partial charge on any atom is 0.574 e. The summed E-state index contributed by atoms with van der Waals surface area (Å²) >= 11 is 2.99. The van der Waals surface area contributed by atoms with Gasteiger partial charge < -0.3 is 9.47 Å². The summed E-state index contributed by atoms with van der Waals surface area (Å²) in [6.45, 7) is 0. The first-order valence-electron chi connectivity index (χ1n) is 4.25. The first kappa shape index (κ1) is 13.8. The molecular weight excluding hydrogens is 307 g/mol. The summed E-state index contributed by atoms with van der Waals surface area (Å²) in [5.41, 5.74) is 0.0749. The maximum absolute atomic E-state index is 12.1. The summed E-state index contributed by atoms with van der Waals surface area (Å²) in [5.74, 6) is -0.636. The number of methoxy groups -OCH3 is 1. The summed E-state index contributed by atoms with van der Waals surface area (Å²) < 4.78 is 44.9. The molecule has 1 rings (SSSR count). The van der Waals surface area contributed by atoms with Crippen LogP contribution in [0.15, 0.2) is 6.20 Å². The molecule has 0 fully saturated rings. The van der Waals surface area contributed by atoms with Crippen molar-refractivity contribution in [2.75, 3.05) is 7.11 Å². The Morgan fingerprint density at radius 3 is 2.59 bits per heavy atom. The predicted molar refractivity (Wildman–Crippen MR) is 55.5 cm³/mol. The second-order valence-electron chi connectivity index (χ2n) is 2.83. The average molecular weight is 314 g/mol. The van der Waals surface area contributed by atoms with Gasteiger partial charge in [-0.3, -0.25) is 4.79 Å². The Hall–Kier alpha value is -1.31. The van der Waals surface area contributed by atoms with Crippen LogP contribution >= 0.6 is 15.9 Å². The van der Waals surface area contributed by atoms with E-state index in [0.29, 0.717) is 6.29 Å². The fourth-order valence-electron chi connectivity index (χ4n) is 1.18. The van der Waals surface area contributed by atoms with E-state index >= 15 is 0 Å². The molecule has 0 unspecified atom stereocenters. The van der Waals surface area contributed by atoms with Gasteiger partial charge in [-0.15, -0.1) is 13.2 Å². The van der Waals surface area contributed by atoms with Gasteiger partial charge in [0, 0.05) is 11.5 Å². The van der Waals surface area contributed by atoms with E-state index in [0.717, 1.165) is 6.20 Å². The van der Waals surface area contributed by atoms with Crippen LogP contribution in [0.3, 0.4) is 0 Å². The van der Waals surface area contributed by atoms with E-state index in [1.165, 1.54) is 7.11 Å². The van der Waals surface area contributed by atoms with Gasteiger partial charge in [0.05, 0.1) is 18.2 Å². The number of carbonyl (C=O) groups excluding carboxylic acids is 1. The van der Waals surface area contributed by atoms with Gasteiger partial charge in [-0.25, -0.2) is 4.98 Å². The smallest absolute Gasteiger partial charge is 0.495 e. The number of hydrogen-bond donors (Lipinski definition) is 0. The number of aromatic nitrogens is 1. The van der Waals surface area contributed by atoms with Crippen molar-refractivity contribution in [3.8, 4) is 11.6 Å². The zero-order valence-electron chi connectivity index (χ0n) is 8.55. The molecule has 0 aliphatic heterocycles. The minimum Gasteiger partial charge on any atom is -0.495 e. The third-order valence-electron chi connectivity index (χ3n) is 1.79. The molecule has 17 heavy (non-hydrogen) atoms. The van der Waals surface area contributed by atoms with Gasteiger partial charge in [-0.2, -0.15) is 0 Å². The largest absolute Gasteiger partial charge is 0.574 e. The first-order chi connectivity index (χ1) is 7.92. The molecular formula is C9H7BrF3NO3. The lowest BCUT2D eigenvalue weighted by molar-refractivity contribution is -0.276. The number of pyridine rings is 1. The van der Waals surface area contributed by atoms with Crippen LogP contribution in [-0.4, -0.2) is 24.7 Å². The van der Waals surface area contributed by atoms with E-state index in [4.69, 9.17) is 4.74 Å². The highest BCUT2D eigenvalue weighted by Gasteiger charge is 2.33. The van der Waals surface area contributed by atoms with Crippen LogP contribution in [-0.2, 0) is 5.33 Å². The predicted octanol–water partition coefficient (Wildman–Crippen LogP) is 2.70. The lowest BCUT2D eigenvalue weighted by Gasteiger charge is -2.14. The molecule has 1 heterocycles. The van der Waals surface area contributed by atoms with Gasteiger partial charge in [-0.05, 0) is 0 Å². The number of nitrogens with zero attached hydrogens (tertiary/aromatic N) is 1. The highest BCUT2D eigenvalue weighted by molar-refractivity contribution is 9.08. The third kappa shape index (κ3) is 3.32. The molecule has 1 aromatic heterocycles. The van der Waals surface area contributed by atoms with E-state index in [-0.39, 0.29) is 22.2 Å². The number of ether oxygens (including phenoxy) is 2. The Morgan fingerprint density at radius 2 is 2.18 bits per heavy atom. The second-order valence-corrected chi connectivity index (χ2v) is 3.39. The van der Waals surface area contributed by atoms with Gasteiger partial charge in [0.25, 0.3) is 0 Å². The number of aldehydes is 1. The van der Waals surface area contributed by atoms with E-state index in [1.807, 2.05) is 0 Å². The molecule has 0 atom stereocenters. The topological polar surface area (TPSA) is 48.4 Å². The monoisotopic (exact) mass is 313 g/mol. The van der Waals surface area contributed by atoms with Gasteiger partial charge >= 0.3 is 6.36 Å². The van der Waals surface area contributed by atoms with Gasteiger partial charge in [0.1, 0.15) is 5.75 Å². The highest BCUT2D eigenvalue weighted by atomic mass is 79.9. The highest BCUT2D eigenvalue weighted by Crippen LogP contribution is 2.34. The van der Waals surface area contributed by atoms with E-state index < -0.39 is 12.2 Å². The Morgan fingerprint density at radius 1 is 1.53 bits per heavy atom. The molecule has 4 nitrogen and oxygen atoms in total. The van der Waals surface area contributed by atoms with Crippen molar-refractivity contribution in [2.24, 2.45) is 0 Å². The molecule has 0 aliphatic carbocycles. The molecule has 0 aromatic carbocycles. The molecule has 8 heteroatoms. The lowest BCUT2D eigenvalue weighted by Crippen LogP contribution is -2.19. The second kappa shape index (κ2) is 5.35. The molecule has 0 spiro atoms. The molecule has 0 N–H and O–H groups in total. The van der Waals surface area contributed by atoms with Crippen LogP contribution in [0.5, 0.6) is 11.6 Å². The number of alkyl halides is 4. The van der Waals surface area contributed by atoms with Gasteiger partial charge in [0.15, 0.2) is 6.29 Å². The normalized spacial score (nSPS) is 11.1. The van der Waals surface area contributed by atoms with E-state index in [1.54, 1.807) is 0 Å². The summed E-state index contributed by atoms with van der Waals surface area (Å²) in [5, 5.41) is 0.0102. The minimum atomic E-state index is -4.85. The van der Waals surface area contributed by atoms with Crippen molar-refractivity contribution >= 4 is 22.2 Å². The number of halogens is 4. The molecule has 0 radical (unpaired) electrons. The Labute approximate surface area is 103 Å². The number of hydrogen-bond acceptors (Lipinski definition) is 4. The summed E-state index contributed by atoms with van der Waals surface area (Å²) in [7, 11) is 1.24. The molecule has 0 bridgehead atoms. The fourth-order valence-corrected chi connectivity index (χ4v) is 1.67. The number of rotatable bonds is 4. The van der Waals surface area contributed by atoms with Crippen molar-refractivity contribution in [1.82, 2.24) is 4.98 Å². The molecule has 94 valence electrons. The zero-order chi connectivity index (χ0) is 13.1. The number of carbonyl (C=O) groups is 1. The third-order valence-corrected chi connectivity index (χ3v) is 2.35. The summed E-state index contributed by atoms with van der Waals surface area (Å²) in [6, 6.07) is 0. The zero-order valence-corrected chi connectivity index (χ0v) is 10.1. The van der Waals surface area contributed by atoms with Crippen LogP contribution in [0.4, 0.5) is 13.2 Å². The first-order valence-corrected chi connectivity index (χ1v) is 5.37. The van der Waals surface area contributed by atoms with Gasteiger partial charge in [-0.1, -0.05) is 15.9 Å². The summed E-state index contributed by atoms with van der Waals surface area (Å²) in [6.07, 6.45) is -3.45. The molecule has 0 saturated heterocycles. The van der Waals surface area contributed by atoms with Crippen LogP contribution in [0, 0.1) is 0 Å². The SMILES string of the molecule is COc1c(C=O)cnc(OC(F)(F)F)c1CBr. The fraction of sp³-hybridized carbons (Fsp3) is 0.333. The van der Waals surface area contributed by atoms with Crippen LogP contribution < -0.4 is 9.47 Å². The minimum absolute atomic E-state index is 0.00567. The molecule has 1 aromatic rings. The van der Waals surface area contributed by atoms with Crippen molar-refractivity contribution in [3.05, 3.63) is 17.3 Å². The molecule has 0 amide bonds. The van der Waals surface area contributed by atoms with Crippen molar-refractivity contribution in [1.29, 1.82) is 0 Å². The quantitative estimate of drug-likeness (QED) is 0.633. The van der Waals surface area contributed by atoms with E-state index in [2.05, 4.69) is 25.7 Å². The van der Waals surface area contributed by atoms with Crippen LogP contribution in [0.25, 0.3) is 0 Å². The van der Waals surface area contributed by atoms with Crippen molar-refractivity contribution in [2.45, 2.75) is 11.7 Å². The Balaban J connectivity index is 3.28. The van der Waals surface area contributed by atoms with Crippen LogP contribution in [0.1, 0.15) is 15.9 Å². The van der Waals surface area contributed by atoms with Crippen LogP contribution in [0.2, 0.25) is 0 Å².